The molecule has 3 nitrogen and oxygen atoms in total. The summed E-state index contributed by atoms with van der Waals surface area (Å²) in [6.07, 6.45) is 5.48. The fraction of sp³-hybridized carbons (Fsp3) is 0.0833. The molecule has 0 bridgehead atoms. The predicted octanol–water partition coefficient (Wildman–Crippen LogP) is 1.40. The zero-order chi connectivity index (χ0) is 11.1. The van der Waals surface area contributed by atoms with Crippen molar-refractivity contribution in [3.63, 3.8) is 0 Å². The second kappa shape index (κ2) is 5.78. The van der Waals surface area contributed by atoms with Crippen LogP contribution in [0.25, 0.3) is 6.08 Å². The average Bonchev–Trinajstić information content (AvgIpc) is 2.26. The van der Waals surface area contributed by atoms with Gasteiger partial charge in [-0.1, -0.05) is 24.3 Å². The summed E-state index contributed by atoms with van der Waals surface area (Å²) in [6, 6.07) is 7.31. The summed E-state index contributed by atoms with van der Waals surface area (Å²) in [4.78, 5) is 10.2. The number of aliphatic hydroxyl groups is 1. The Hall–Kier alpha value is -1.87. The average molecular weight is 203 g/mol. The fourth-order valence-corrected chi connectivity index (χ4v) is 1.06. The number of carbonyl (C=O) groups is 1. The Morgan fingerprint density at radius 1 is 1.33 bits per heavy atom. The molecule has 0 fully saturated rings. The van der Waals surface area contributed by atoms with Gasteiger partial charge in [-0.2, -0.15) is 0 Å². The Morgan fingerprint density at radius 3 is 2.53 bits per heavy atom. The highest BCUT2D eigenvalue weighted by molar-refractivity contribution is 5.68. The number of carbonyl (C=O) groups excluding carboxylic acids is 1. The first-order chi connectivity index (χ1) is 7.26. The van der Waals surface area contributed by atoms with Crippen molar-refractivity contribution in [2.75, 3.05) is 12.3 Å². The molecule has 0 spiro atoms. The van der Waals surface area contributed by atoms with Crippen LogP contribution >= 0.6 is 0 Å². The maximum atomic E-state index is 10.2. The van der Waals surface area contributed by atoms with Crippen LogP contribution in [0, 0.1) is 0 Å². The lowest BCUT2D eigenvalue weighted by Crippen LogP contribution is -1.86. The molecule has 0 saturated carbocycles. The van der Waals surface area contributed by atoms with Gasteiger partial charge in [-0.3, -0.25) is 4.79 Å². The maximum absolute atomic E-state index is 10.2. The van der Waals surface area contributed by atoms with E-state index in [-0.39, 0.29) is 6.61 Å². The smallest absolute Gasteiger partial charge is 0.143 e. The van der Waals surface area contributed by atoms with E-state index in [1.807, 2.05) is 18.2 Å². The summed E-state index contributed by atoms with van der Waals surface area (Å²) in [5.41, 5.74) is 7.78. The van der Waals surface area contributed by atoms with E-state index < -0.39 is 0 Å². The van der Waals surface area contributed by atoms with Crippen molar-refractivity contribution in [3.05, 3.63) is 47.6 Å². The lowest BCUT2D eigenvalue weighted by molar-refractivity contribution is -0.104. The number of hydrogen-bond donors (Lipinski definition) is 2. The molecule has 15 heavy (non-hydrogen) atoms. The molecule has 0 radical (unpaired) electrons. The zero-order valence-electron chi connectivity index (χ0n) is 8.26. The number of nitrogen functional groups attached to an aromatic ring is 1. The van der Waals surface area contributed by atoms with Crippen molar-refractivity contribution in [2.45, 2.75) is 0 Å². The lowest BCUT2D eigenvalue weighted by atomic mass is 10.1. The van der Waals surface area contributed by atoms with Crippen LogP contribution in [0.4, 0.5) is 5.69 Å². The minimum atomic E-state index is -0.149. The molecule has 0 aliphatic rings. The molecule has 0 saturated heterocycles. The quantitative estimate of drug-likeness (QED) is 0.336. The second-order valence-electron chi connectivity index (χ2n) is 3.04. The summed E-state index contributed by atoms with van der Waals surface area (Å²) >= 11 is 0. The van der Waals surface area contributed by atoms with Crippen LogP contribution < -0.4 is 5.73 Å². The first kappa shape index (κ1) is 11.2. The number of nitrogens with two attached hydrogens (primary N) is 1. The number of aliphatic hydroxyl groups excluding tert-OH is 1. The van der Waals surface area contributed by atoms with Crippen LogP contribution in [0.3, 0.4) is 0 Å². The Balaban J connectivity index is 2.76. The van der Waals surface area contributed by atoms with Gasteiger partial charge in [0.25, 0.3) is 0 Å². The molecule has 0 aliphatic carbocycles. The van der Waals surface area contributed by atoms with Gasteiger partial charge in [-0.05, 0) is 29.3 Å². The third kappa shape index (κ3) is 3.79. The highest BCUT2D eigenvalue weighted by Gasteiger charge is 1.89. The van der Waals surface area contributed by atoms with Crippen molar-refractivity contribution < 1.29 is 9.90 Å². The van der Waals surface area contributed by atoms with E-state index in [1.54, 1.807) is 18.2 Å². The molecule has 1 aromatic carbocycles. The summed E-state index contributed by atoms with van der Waals surface area (Å²) in [5.74, 6) is 0. The number of allylic oxidation sites excluding steroid dienone is 1. The molecule has 0 aliphatic heterocycles. The van der Waals surface area contributed by atoms with Gasteiger partial charge < -0.3 is 10.8 Å². The molecule has 0 heterocycles. The number of rotatable bonds is 4. The van der Waals surface area contributed by atoms with Gasteiger partial charge in [-0.25, -0.2) is 0 Å². The Bertz CT molecular complexity index is 377. The molecule has 3 N–H and O–H groups in total. The van der Waals surface area contributed by atoms with Crippen molar-refractivity contribution >= 4 is 18.0 Å². The van der Waals surface area contributed by atoms with Gasteiger partial charge in [0.05, 0.1) is 6.61 Å². The van der Waals surface area contributed by atoms with Crippen LogP contribution in [0.15, 0.2) is 42.0 Å². The molecule has 0 aromatic heterocycles. The molecule has 0 atom stereocenters. The van der Waals surface area contributed by atoms with Gasteiger partial charge in [0.1, 0.15) is 6.29 Å². The molecule has 1 aromatic rings. The number of anilines is 1. The summed E-state index contributed by atoms with van der Waals surface area (Å²) in [6.45, 7) is -0.149. The van der Waals surface area contributed by atoms with Crippen molar-refractivity contribution in [3.8, 4) is 0 Å². The molecule has 1 rings (SSSR count). The second-order valence-corrected chi connectivity index (χ2v) is 3.04. The lowest BCUT2D eigenvalue weighted by Gasteiger charge is -1.96. The standard InChI is InChI=1S/C12H13NO2/c13-12-5-3-10(4-6-12)1-2-11(9-15)7-8-14/h1-8,15H,9,13H2/b2-1+,11-7+. The number of benzene rings is 1. The summed E-state index contributed by atoms with van der Waals surface area (Å²) < 4.78 is 0. The van der Waals surface area contributed by atoms with Gasteiger partial charge in [0, 0.05) is 5.69 Å². The molecular formula is C12H13NO2. The van der Waals surface area contributed by atoms with E-state index in [9.17, 15) is 4.79 Å². The molecule has 0 unspecified atom stereocenters. The Morgan fingerprint density at radius 2 is 2.00 bits per heavy atom. The third-order valence-electron chi connectivity index (χ3n) is 1.89. The van der Waals surface area contributed by atoms with Gasteiger partial charge >= 0.3 is 0 Å². The van der Waals surface area contributed by atoms with Crippen molar-refractivity contribution in [1.82, 2.24) is 0 Å². The van der Waals surface area contributed by atoms with Crippen LogP contribution in [-0.4, -0.2) is 18.0 Å². The molecular weight excluding hydrogens is 190 g/mol. The number of aldehydes is 1. The number of hydrogen-bond acceptors (Lipinski definition) is 3. The molecule has 0 amide bonds. The van der Waals surface area contributed by atoms with Gasteiger partial charge in [0.2, 0.25) is 0 Å². The summed E-state index contributed by atoms with van der Waals surface area (Å²) in [5, 5.41) is 8.88. The minimum absolute atomic E-state index is 0.149. The highest BCUT2D eigenvalue weighted by atomic mass is 16.3. The van der Waals surface area contributed by atoms with E-state index in [0.717, 1.165) is 5.56 Å². The predicted molar refractivity (Wildman–Crippen MR) is 61.1 cm³/mol. The van der Waals surface area contributed by atoms with E-state index >= 15 is 0 Å². The van der Waals surface area contributed by atoms with E-state index in [0.29, 0.717) is 17.5 Å². The van der Waals surface area contributed by atoms with E-state index in [4.69, 9.17) is 10.8 Å². The summed E-state index contributed by atoms with van der Waals surface area (Å²) in [7, 11) is 0. The first-order valence-corrected chi connectivity index (χ1v) is 4.55. The molecule has 78 valence electrons. The minimum Gasteiger partial charge on any atom is -0.399 e. The van der Waals surface area contributed by atoms with E-state index in [2.05, 4.69) is 0 Å². The van der Waals surface area contributed by atoms with Crippen LogP contribution in [0.2, 0.25) is 0 Å². The monoisotopic (exact) mass is 203 g/mol. The maximum Gasteiger partial charge on any atom is 0.143 e. The zero-order valence-corrected chi connectivity index (χ0v) is 8.26. The van der Waals surface area contributed by atoms with E-state index in [1.165, 1.54) is 6.08 Å². The topological polar surface area (TPSA) is 63.3 Å². The normalized spacial score (nSPS) is 11.9. The van der Waals surface area contributed by atoms with Crippen LogP contribution in [-0.2, 0) is 4.79 Å². The Kier molecular flexibility index (Phi) is 4.31. The Labute approximate surface area is 88.5 Å². The van der Waals surface area contributed by atoms with Gasteiger partial charge in [0.15, 0.2) is 0 Å². The highest BCUT2D eigenvalue weighted by Crippen LogP contribution is 2.08. The van der Waals surface area contributed by atoms with Crippen LogP contribution in [0.5, 0.6) is 0 Å². The van der Waals surface area contributed by atoms with Gasteiger partial charge in [-0.15, -0.1) is 0 Å². The van der Waals surface area contributed by atoms with Crippen LogP contribution in [0.1, 0.15) is 5.56 Å². The SMILES string of the molecule is Nc1ccc(/C=C/C(=C\C=O)CO)cc1. The molecule has 3 heteroatoms. The van der Waals surface area contributed by atoms with Crippen molar-refractivity contribution in [2.24, 2.45) is 0 Å². The third-order valence-corrected chi connectivity index (χ3v) is 1.89. The first-order valence-electron chi connectivity index (χ1n) is 4.55. The fourth-order valence-electron chi connectivity index (χ4n) is 1.06. The largest absolute Gasteiger partial charge is 0.399 e. The van der Waals surface area contributed by atoms with Crippen molar-refractivity contribution in [1.29, 1.82) is 0 Å².